The fraction of sp³-hybridized carbons (Fsp3) is 0.389. The molecule has 0 amide bonds. The highest BCUT2D eigenvalue weighted by Gasteiger charge is 2.30. The van der Waals surface area contributed by atoms with Crippen LogP contribution in [0.5, 0.6) is 5.75 Å². The maximum Gasteiger partial charge on any atom is 0.353 e. The van der Waals surface area contributed by atoms with Crippen LogP contribution in [-0.2, 0) is 14.8 Å². The van der Waals surface area contributed by atoms with Crippen LogP contribution < -0.4 is 4.74 Å². The topological polar surface area (TPSA) is 72.9 Å². The van der Waals surface area contributed by atoms with Gasteiger partial charge >= 0.3 is 5.97 Å². The molecular weight excluding hydrogens is 374 g/mol. The van der Waals surface area contributed by atoms with Crippen LogP contribution in [0.3, 0.4) is 0 Å². The second-order valence-electron chi connectivity index (χ2n) is 6.18. The van der Waals surface area contributed by atoms with Crippen molar-refractivity contribution in [3.63, 3.8) is 0 Å². The number of carbonyl (C=O) groups is 1. The molecule has 0 unspecified atom stereocenters. The fourth-order valence-electron chi connectivity index (χ4n) is 2.68. The summed E-state index contributed by atoms with van der Waals surface area (Å²) in [5.41, 5.74) is 2.13. The summed E-state index contributed by atoms with van der Waals surface area (Å²) in [7, 11) is -3.63. The number of sulfonamides is 1. The molecule has 1 aliphatic heterocycles. The second-order valence-corrected chi connectivity index (χ2v) is 9.35. The van der Waals surface area contributed by atoms with Gasteiger partial charge in [-0.2, -0.15) is 4.31 Å². The Hall–Kier alpha value is -1.74. The predicted molar refractivity (Wildman–Crippen MR) is 99.5 cm³/mol. The van der Waals surface area contributed by atoms with E-state index in [-0.39, 0.29) is 9.77 Å². The molecule has 0 N–H and O–H groups in total. The third-order valence-corrected chi connectivity index (χ3v) is 7.53. The minimum atomic E-state index is -3.63. The smallest absolute Gasteiger partial charge is 0.353 e. The van der Waals surface area contributed by atoms with E-state index in [1.54, 1.807) is 19.1 Å². The molecule has 0 saturated carbocycles. The van der Waals surface area contributed by atoms with Gasteiger partial charge in [-0.25, -0.2) is 13.2 Å². The van der Waals surface area contributed by atoms with Gasteiger partial charge < -0.3 is 9.47 Å². The second kappa shape index (κ2) is 7.48. The molecule has 2 heterocycles. The number of hydrogen-bond acceptors (Lipinski definition) is 6. The van der Waals surface area contributed by atoms with Crippen molar-refractivity contribution in [2.75, 3.05) is 26.3 Å². The summed E-state index contributed by atoms with van der Waals surface area (Å²) < 4.78 is 37.6. The van der Waals surface area contributed by atoms with Crippen LogP contribution in [0.4, 0.5) is 0 Å². The number of esters is 1. The van der Waals surface area contributed by atoms with Gasteiger partial charge in [0.1, 0.15) is 10.6 Å². The maximum atomic E-state index is 12.8. The van der Waals surface area contributed by atoms with Gasteiger partial charge in [0.15, 0.2) is 0 Å². The molecule has 3 rings (SSSR count). The van der Waals surface area contributed by atoms with Crippen LogP contribution in [0, 0.1) is 20.8 Å². The molecule has 0 spiro atoms. The Morgan fingerprint density at radius 3 is 2.46 bits per heavy atom. The van der Waals surface area contributed by atoms with Crippen molar-refractivity contribution in [2.45, 2.75) is 25.7 Å². The lowest BCUT2D eigenvalue weighted by molar-refractivity contribution is 0.0729. The quantitative estimate of drug-likeness (QED) is 0.588. The molecule has 1 aromatic carbocycles. The lowest BCUT2D eigenvalue weighted by Gasteiger charge is -2.25. The molecule has 1 aliphatic rings. The summed E-state index contributed by atoms with van der Waals surface area (Å²) in [6, 6.07) is 6.81. The van der Waals surface area contributed by atoms with E-state index >= 15 is 0 Å². The normalized spacial score (nSPS) is 15.8. The van der Waals surface area contributed by atoms with Crippen LogP contribution in [0.25, 0.3) is 0 Å². The van der Waals surface area contributed by atoms with E-state index in [1.165, 1.54) is 10.4 Å². The third kappa shape index (κ3) is 3.83. The van der Waals surface area contributed by atoms with Gasteiger partial charge in [-0.1, -0.05) is 6.07 Å². The lowest BCUT2D eigenvalue weighted by Crippen LogP contribution is -2.40. The molecule has 0 aliphatic carbocycles. The largest absolute Gasteiger partial charge is 0.422 e. The molecule has 26 heavy (non-hydrogen) atoms. The predicted octanol–water partition coefficient (Wildman–Crippen LogP) is 2.91. The van der Waals surface area contributed by atoms with Crippen molar-refractivity contribution in [3.8, 4) is 5.75 Å². The van der Waals surface area contributed by atoms with E-state index in [4.69, 9.17) is 9.47 Å². The Bertz CT molecular complexity index is 927. The van der Waals surface area contributed by atoms with E-state index in [2.05, 4.69) is 0 Å². The number of hydrogen-bond donors (Lipinski definition) is 0. The van der Waals surface area contributed by atoms with Gasteiger partial charge in [-0.3, -0.25) is 0 Å². The molecule has 6 nitrogen and oxygen atoms in total. The zero-order chi connectivity index (χ0) is 18.9. The van der Waals surface area contributed by atoms with Crippen molar-refractivity contribution < 1.29 is 22.7 Å². The average molecular weight is 396 g/mol. The molecule has 0 atom stereocenters. The van der Waals surface area contributed by atoms with Crippen molar-refractivity contribution in [3.05, 3.63) is 45.1 Å². The molecule has 0 bridgehead atoms. The van der Waals surface area contributed by atoms with Crippen LogP contribution in [0.1, 0.15) is 25.7 Å². The first kappa shape index (κ1) is 19.0. The molecule has 0 radical (unpaired) electrons. The van der Waals surface area contributed by atoms with Crippen LogP contribution in [0.2, 0.25) is 0 Å². The van der Waals surface area contributed by atoms with Gasteiger partial charge in [0.2, 0.25) is 10.0 Å². The van der Waals surface area contributed by atoms with E-state index in [0.29, 0.717) is 36.9 Å². The number of morpholine rings is 1. The molecule has 1 aromatic heterocycles. The number of aryl methyl sites for hydroxylation is 3. The summed E-state index contributed by atoms with van der Waals surface area (Å²) in [6.45, 7) is 7.01. The van der Waals surface area contributed by atoms with Gasteiger partial charge in [-0.05, 0) is 50.1 Å². The highest BCUT2D eigenvalue weighted by Crippen LogP contribution is 2.29. The average Bonchev–Trinajstić information content (AvgIpc) is 3.02. The molecular formula is C18H21NO5S2. The van der Waals surface area contributed by atoms with Gasteiger partial charge in [0.05, 0.1) is 18.1 Å². The molecule has 1 fully saturated rings. The SMILES string of the molecule is Cc1ccc(OC(=O)c2cc(S(=O)(=O)N3CCOCC3)c(C)s2)cc1C. The Kier molecular flexibility index (Phi) is 5.47. The van der Waals surface area contributed by atoms with E-state index in [1.807, 2.05) is 19.9 Å². The Balaban J connectivity index is 1.82. The Labute approximate surface area is 157 Å². The summed E-state index contributed by atoms with van der Waals surface area (Å²) >= 11 is 1.13. The van der Waals surface area contributed by atoms with E-state index < -0.39 is 16.0 Å². The van der Waals surface area contributed by atoms with Crippen molar-refractivity contribution in [1.29, 1.82) is 0 Å². The maximum absolute atomic E-state index is 12.8. The molecule has 140 valence electrons. The van der Waals surface area contributed by atoms with E-state index in [9.17, 15) is 13.2 Å². The molecule has 8 heteroatoms. The first-order chi connectivity index (χ1) is 12.3. The minimum absolute atomic E-state index is 0.163. The number of ether oxygens (including phenoxy) is 2. The first-order valence-electron chi connectivity index (χ1n) is 8.27. The van der Waals surface area contributed by atoms with Crippen molar-refractivity contribution in [2.24, 2.45) is 0 Å². The zero-order valence-electron chi connectivity index (χ0n) is 14.9. The number of benzene rings is 1. The Morgan fingerprint density at radius 2 is 1.81 bits per heavy atom. The minimum Gasteiger partial charge on any atom is -0.422 e. The number of carbonyl (C=O) groups excluding carboxylic acids is 1. The van der Waals surface area contributed by atoms with Crippen molar-refractivity contribution in [1.82, 2.24) is 4.31 Å². The number of thiophene rings is 1. The number of nitrogens with zero attached hydrogens (tertiary/aromatic N) is 1. The summed E-state index contributed by atoms with van der Waals surface area (Å²) in [4.78, 5) is 13.4. The van der Waals surface area contributed by atoms with Gasteiger partial charge in [0.25, 0.3) is 0 Å². The van der Waals surface area contributed by atoms with Gasteiger partial charge in [-0.15, -0.1) is 11.3 Å². The Morgan fingerprint density at radius 1 is 1.12 bits per heavy atom. The highest BCUT2D eigenvalue weighted by molar-refractivity contribution is 7.89. The fourth-order valence-corrected chi connectivity index (χ4v) is 5.53. The summed E-state index contributed by atoms with van der Waals surface area (Å²) in [5.74, 6) is -0.105. The van der Waals surface area contributed by atoms with E-state index in [0.717, 1.165) is 22.5 Å². The summed E-state index contributed by atoms with van der Waals surface area (Å²) in [6.07, 6.45) is 0. The van der Waals surface area contributed by atoms with Crippen LogP contribution in [0.15, 0.2) is 29.2 Å². The highest BCUT2D eigenvalue weighted by atomic mass is 32.2. The number of rotatable bonds is 4. The summed E-state index contributed by atoms with van der Waals surface area (Å²) in [5, 5.41) is 0. The molecule has 2 aromatic rings. The monoisotopic (exact) mass is 395 g/mol. The van der Waals surface area contributed by atoms with Gasteiger partial charge in [0, 0.05) is 18.0 Å². The lowest BCUT2D eigenvalue weighted by atomic mass is 10.1. The third-order valence-electron chi connectivity index (χ3n) is 4.35. The first-order valence-corrected chi connectivity index (χ1v) is 10.5. The van der Waals surface area contributed by atoms with Crippen LogP contribution >= 0.6 is 11.3 Å². The van der Waals surface area contributed by atoms with Crippen LogP contribution in [-0.4, -0.2) is 45.0 Å². The molecule has 1 saturated heterocycles. The van der Waals surface area contributed by atoms with Crippen molar-refractivity contribution >= 4 is 27.3 Å². The standard InChI is InChI=1S/C18H21NO5S2/c1-12-4-5-15(10-13(12)2)24-18(20)16-11-17(14(3)25-16)26(21,22)19-6-8-23-9-7-19/h4-5,10-11H,6-9H2,1-3H3. The zero-order valence-corrected chi connectivity index (χ0v) is 16.6.